The third-order valence-electron chi connectivity index (χ3n) is 2.48. The summed E-state index contributed by atoms with van der Waals surface area (Å²) in [6, 6.07) is 6.10. The third-order valence-corrected chi connectivity index (χ3v) is 2.65. The number of oxazole rings is 1. The zero-order valence-corrected chi connectivity index (χ0v) is 10.3. The van der Waals surface area contributed by atoms with Gasteiger partial charge in [0, 0.05) is 25.9 Å². The summed E-state index contributed by atoms with van der Waals surface area (Å²) in [6.45, 7) is 3.63. The highest BCUT2D eigenvalue weighted by Crippen LogP contribution is 2.17. The zero-order valence-electron chi connectivity index (χ0n) is 9.53. The van der Waals surface area contributed by atoms with Gasteiger partial charge < -0.3 is 9.32 Å². The highest BCUT2D eigenvalue weighted by Gasteiger charge is 2.04. The lowest BCUT2D eigenvalue weighted by atomic mass is 10.2. The number of alkyl halides is 1. The summed E-state index contributed by atoms with van der Waals surface area (Å²) in [6.07, 6.45) is 0. The Balaban J connectivity index is 2.18. The van der Waals surface area contributed by atoms with E-state index in [1.54, 1.807) is 0 Å². The first kappa shape index (κ1) is 11.4. The maximum Gasteiger partial charge on any atom is 0.192 e. The van der Waals surface area contributed by atoms with Gasteiger partial charge >= 0.3 is 0 Å². The Morgan fingerprint density at radius 3 is 3.00 bits per heavy atom. The average molecular weight is 239 g/mol. The van der Waals surface area contributed by atoms with Gasteiger partial charge in [-0.1, -0.05) is 6.07 Å². The van der Waals surface area contributed by atoms with Crippen molar-refractivity contribution in [1.82, 2.24) is 9.88 Å². The molecule has 0 aliphatic rings. The van der Waals surface area contributed by atoms with Crippen LogP contribution in [-0.4, -0.2) is 29.4 Å². The van der Waals surface area contributed by atoms with Crippen molar-refractivity contribution in [3.05, 3.63) is 29.7 Å². The Hall–Kier alpha value is -1.06. The summed E-state index contributed by atoms with van der Waals surface area (Å²) in [5.41, 5.74) is 3.00. The summed E-state index contributed by atoms with van der Waals surface area (Å²) in [5.74, 6) is 1.36. The Morgan fingerprint density at radius 1 is 1.44 bits per heavy atom. The quantitative estimate of drug-likeness (QED) is 0.767. The molecule has 0 bridgehead atoms. The standard InChI is InChI=1S/C12H15ClN2O/c1-9-14-11-7-10(3-4-12(11)16-9)8-15(2)6-5-13/h3-4,7H,5-6,8H2,1-2H3. The van der Waals surface area contributed by atoms with Gasteiger partial charge in [-0.3, -0.25) is 0 Å². The molecule has 86 valence electrons. The second-order valence-electron chi connectivity index (χ2n) is 3.96. The molecular weight excluding hydrogens is 224 g/mol. The van der Waals surface area contributed by atoms with Gasteiger partial charge in [0.2, 0.25) is 0 Å². The summed E-state index contributed by atoms with van der Waals surface area (Å²) in [4.78, 5) is 6.50. The molecular formula is C12H15ClN2O. The van der Waals surface area contributed by atoms with Crippen LogP contribution in [0.5, 0.6) is 0 Å². The first-order valence-corrected chi connectivity index (χ1v) is 5.83. The molecule has 0 spiro atoms. The van der Waals surface area contributed by atoms with Crippen molar-refractivity contribution in [3.63, 3.8) is 0 Å². The zero-order chi connectivity index (χ0) is 11.5. The van der Waals surface area contributed by atoms with Crippen LogP contribution in [0.2, 0.25) is 0 Å². The van der Waals surface area contributed by atoms with Crippen LogP contribution >= 0.6 is 11.6 Å². The van der Waals surface area contributed by atoms with Gasteiger partial charge in [0.25, 0.3) is 0 Å². The third kappa shape index (κ3) is 2.54. The number of aromatic nitrogens is 1. The molecule has 4 heteroatoms. The number of hydrogen-bond donors (Lipinski definition) is 0. The molecule has 2 aromatic rings. The molecule has 3 nitrogen and oxygen atoms in total. The number of halogens is 1. The molecule has 0 atom stereocenters. The minimum atomic E-state index is 0.655. The second-order valence-corrected chi connectivity index (χ2v) is 4.34. The van der Waals surface area contributed by atoms with Gasteiger partial charge in [-0.25, -0.2) is 4.98 Å². The fourth-order valence-electron chi connectivity index (χ4n) is 1.72. The molecule has 0 saturated heterocycles. The first-order valence-electron chi connectivity index (χ1n) is 5.29. The van der Waals surface area contributed by atoms with E-state index in [1.165, 1.54) is 5.56 Å². The van der Waals surface area contributed by atoms with Crippen LogP contribution in [0, 0.1) is 6.92 Å². The molecule has 0 unspecified atom stereocenters. The van der Waals surface area contributed by atoms with E-state index in [2.05, 4.69) is 29.1 Å². The molecule has 0 saturated carbocycles. The number of rotatable bonds is 4. The summed E-state index contributed by atoms with van der Waals surface area (Å²) >= 11 is 5.69. The minimum absolute atomic E-state index is 0.655. The molecule has 0 radical (unpaired) electrons. The molecule has 1 aromatic heterocycles. The van der Waals surface area contributed by atoms with Crippen LogP contribution in [0.4, 0.5) is 0 Å². The lowest BCUT2D eigenvalue weighted by molar-refractivity contribution is 0.348. The van der Waals surface area contributed by atoms with Crippen molar-refractivity contribution in [2.24, 2.45) is 0 Å². The topological polar surface area (TPSA) is 29.3 Å². The van der Waals surface area contributed by atoms with E-state index in [9.17, 15) is 0 Å². The van der Waals surface area contributed by atoms with Gasteiger partial charge in [-0.15, -0.1) is 11.6 Å². The van der Waals surface area contributed by atoms with Crippen LogP contribution in [0.25, 0.3) is 11.1 Å². The normalized spacial score (nSPS) is 11.5. The van der Waals surface area contributed by atoms with E-state index in [1.807, 2.05) is 13.0 Å². The minimum Gasteiger partial charge on any atom is -0.441 e. The van der Waals surface area contributed by atoms with E-state index in [4.69, 9.17) is 16.0 Å². The van der Waals surface area contributed by atoms with Crippen LogP contribution in [-0.2, 0) is 6.54 Å². The highest BCUT2D eigenvalue weighted by atomic mass is 35.5. The van der Waals surface area contributed by atoms with Crippen LogP contribution in [0.15, 0.2) is 22.6 Å². The van der Waals surface area contributed by atoms with Crippen molar-refractivity contribution >= 4 is 22.7 Å². The number of benzene rings is 1. The lowest BCUT2D eigenvalue weighted by Gasteiger charge is -2.14. The van der Waals surface area contributed by atoms with Crippen molar-refractivity contribution in [3.8, 4) is 0 Å². The van der Waals surface area contributed by atoms with Crippen molar-refractivity contribution in [1.29, 1.82) is 0 Å². The van der Waals surface area contributed by atoms with Gasteiger partial charge in [0.1, 0.15) is 5.52 Å². The first-order chi connectivity index (χ1) is 7.69. The lowest BCUT2D eigenvalue weighted by Crippen LogP contribution is -2.19. The van der Waals surface area contributed by atoms with Crippen LogP contribution < -0.4 is 0 Å². The van der Waals surface area contributed by atoms with E-state index < -0.39 is 0 Å². The van der Waals surface area contributed by atoms with Crippen molar-refractivity contribution in [2.45, 2.75) is 13.5 Å². The van der Waals surface area contributed by atoms with E-state index in [-0.39, 0.29) is 0 Å². The van der Waals surface area contributed by atoms with Crippen molar-refractivity contribution < 1.29 is 4.42 Å². The fraction of sp³-hybridized carbons (Fsp3) is 0.417. The summed E-state index contributed by atoms with van der Waals surface area (Å²) in [5, 5.41) is 0. The Morgan fingerprint density at radius 2 is 2.25 bits per heavy atom. The highest BCUT2D eigenvalue weighted by molar-refractivity contribution is 6.18. The van der Waals surface area contributed by atoms with E-state index in [0.29, 0.717) is 11.8 Å². The van der Waals surface area contributed by atoms with Crippen LogP contribution in [0.1, 0.15) is 11.5 Å². The van der Waals surface area contributed by atoms with E-state index in [0.717, 1.165) is 24.2 Å². The molecule has 1 heterocycles. The second kappa shape index (κ2) is 4.85. The Bertz CT molecular complexity index is 481. The number of nitrogens with zero attached hydrogens (tertiary/aromatic N) is 2. The Kier molecular flexibility index (Phi) is 3.46. The Labute approximate surface area is 100 Å². The van der Waals surface area contributed by atoms with Crippen molar-refractivity contribution in [2.75, 3.05) is 19.5 Å². The number of aryl methyl sites for hydroxylation is 1. The molecule has 0 N–H and O–H groups in total. The van der Waals surface area contributed by atoms with Crippen LogP contribution in [0.3, 0.4) is 0 Å². The summed E-state index contributed by atoms with van der Waals surface area (Å²) < 4.78 is 5.43. The number of fused-ring (bicyclic) bond motifs is 1. The predicted molar refractivity (Wildman–Crippen MR) is 65.8 cm³/mol. The summed E-state index contributed by atoms with van der Waals surface area (Å²) in [7, 11) is 2.06. The number of hydrogen-bond acceptors (Lipinski definition) is 3. The monoisotopic (exact) mass is 238 g/mol. The maximum atomic E-state index is 5.69. The molecule has 0 aliphatic carbocycles. The molecule has 0 amide bonds. The van der Waals surface area contributed by atoms with Gasteiger partial charge in [0.05, 0.1) is 0 Å². The molecule has 0 fully saturated rings. The largest absolute Gasteiger partial charge is 0.441 e. The van der Waals surface area contributed by atoms with E-state index >= 15 is 0 Å². The van der Waals surface area contributed by atoms with Gasteiger partial charge in [0.15, 0.2) is 11.5 Å². The molecule has 1 aromatic carbocycles. The molecule has 16 heavy (non-hydrogen) atoms. The predicted octanol–water partition coefficient (Wildman–Crippen LogP) is 2.81. The van der Waals surface area contributed by atoms with Gasteiger partial charge in [-0.2, -0.15) is 0 Å². The maximum absolute atomic E-state index is 5.69. The molecule has 2 rings (SSSR count). The fourth-order valence-corrected chi connectivity index (χ4v) is 2.01. The smallest absolute Gasteiger partial charge is 0.192 e. The SMILES string of the molecule is Cc1nc2cc(CN(C)CCCl)ccc2o1. The molecule has 0 aliphatic heterocycles. The average Bonchev–Trinajstić information content (AvgIpc) is 2.57. The van der Waals surface area contributed by atoms with Gasteiger partial charge in [-0.05, 0) is 24.7 Å².